The van der Waals surface area contributed by atoms with Crippen molar-refractivity contribution in [1.29, 1.82) is 0 Å². The number of ether oxygens (including phenoxy) is 2. The lowest BCUT2D eigenvalue weighted by molar-refractivity contribution is -0.150. The standard InChI is InChI=1S/C53H96N4O4/c1-5-9-12-15-20-27-36-48(8-4)60-51(58)40-30-23-18-25-32-43-56(45-35-46-57-47-55-50-39-34-42-54-53(50)57)44-33-26-19-24-31-41-52(59)61-49(37-28-21-16-13-10-6-2)38-29-22-17-14-11-7-3/h34,39,42,47-49H,5-33,35-38,40-41,43-46H2,1-4H3. The number of unbranched alkanes of at least 4 members (excludes halogenated alkanes) is 23. The quantitative estimate of drug-likeness (QED) is 0.0485. The Labute approximate surface area is 375 Å². The van der Waals surface area contributed by atoms with Gasteiger partial charge in [-0.05, 0) is 109 Å². The molecule has 1 unspecified atom stereocenters. The molecule has 8 heteroatoms. The van der Waals surface area contributed by atoms with Crippen LogP contribution in [0.3, 0.4) is 0 Å². The Bertz CT molecular complexity index is 1280. The topological polar surface area (TPSA) is 86.5 Å². The summed E-state index contributed by atoms with van der Waals surface area (Å²) >= 11 is 0. The molecule has 0 amide bonds. The third-order valence-corrected chi connectivity index (χ3v) is 12.6. The number of aryl methyl sites for hydroxylation is 1. The van der Waals surface area contributed by atoms with Crippen molar-refractivity contribution in [3.05, 3.63) is 24.7 Å². The van der Waals surface area contributed by atoms with E-state index in [4.69, 9.17) is 9.47 Å². The zero-order valence-electron chi connectivity index (χ0n) is 40.5. The first-order valence-electron chi connectivity index (χ1n) is 26.4. The minimum Gasteiger partial charge on any atom is -0.462 e. The molecule has 0 aliphatic rings. The van der Waals surface area contributed by atoms with Crippen molar-refractivity contribution in [3.8, 4) is 0 Å². The molecule has 61 heavy (non-hydrogen) atoms. The molecule has 0 radical (unpaired) electrons. The number of hydrogen-bond acceptors (Lipinski definition) is 7. The van der Waals surface area contributed by atoms with Gasteiger partial charge < -0.3 is 18.9 Å². The van der Waals surface area contributed by atoms with Crippen molar-refractivity contribution >= 4 is 23.1 Å². The summed E-state index contributed by atoms with van der Waals surface area (Å²) < 4.78 is 14.1. The fourth-order valence-corrected chi connectivity index (χ4v) is 8.69. The number of imidazole rings is 1. The highest BCUT2D eigenvalue weighted by molar-refractivity contribution is 5.70. The Morgan fingerprint density at radius 2 is 0.951 bits per heavy atom. The van der Waals surface area contributed by atoms with Gasteiger partial charge in [-0.2, -0.15) is 0 Å². The first-order chi connectivity index (χ1) is 30.0. The van der Waals surface area contributed by atoms with Crippen molar-refractivity contribution in [2.45, 2.75) is 271 Å². The third kappa shape index (κ3) is 29.5. The lowest BCUT2D eigenvalue weighted by Gasteiger charge is -2.22. The molecule has 0 aliphatic heterocycles. The number of hydrogen-bond donors (Lipinski definition) is 0. The van der Waals surface area contributed by atoms with E-state index in [1.54, 1.807) is 0 Å². The lowest BCUT2D eigenvalue weighted by atomic mass is 10.0. The molecule has 0 aromatic carbocycles. The Morgan fingerprint density at radius 1 is 0.525 bits per heavy atom. The summed E-state index contributed by atoms with van der Waals surface area (Å²) in [5.41, 5.74) is 1.93. The van der Waals surface area contributed by atoms with Gasteiger partial charge in [0.15, 0.2) is 5.65 Å². The first-order valence-corrected chi connectivity index (χ1v) is 26.4. The van der Waals surface area contributed by atoms with Crippen LogP contribution in [0, 0.1) is 0 Å². The van der Waals surface area contributed by atoms with Crippen LogP contribution < -0.4 is 0 Å². The zero-order chi connectivity index (χ0) is 43.9. The van der Waals surface area contributed by atoms with Crippen molar-refractivity contribution in [2.75, 3.05) is 19.6 Å². The second-order valence-corrected chi connectivity index (χ2v) is 18.3. The molecule has 0 saturated carbocycles. The average Bonchev–Trinajstić information content (AvgIpc) is 3.68. The van der Waals surface area contributed by atoms with Crippen LogP contribution in [0.2, 0.25) is 0 Å². The van der Waals surface area contributed by atoms with E-state index in [-0.39, 0.29) is 24.1 Å². The number of esters is 2. The highest BCUT2D eigenvalue weighted by Gasteiger charge is 2.15. The maximum Gasteiger partial charge on any atom is 0.306 e. The number of rotatable bonds is 44. The van der Waals surface area contributed by atoms with Crippen LogP contribution in [-0.2, 0) is 25.6 Å². The summed E-state index contributed by atoms with van der Waals surface area (Å²) in [4.78, 5) is 37.2. The van der Waals surface area contributed by atoms with Gasteiger partial charge in [-0.25, -0.2) is 9.97 Å². The van der Waals surface area contributed by atoms with Crippen LogP contribution >= 0.6 is 0 Å². The van der Waals surface area contributed by atoms with E-state index < -0.39 is 0 Å². The van der Waals surface area contributed by atoms with Gasteiger partial charge in [0.2, 0.25) is 0 Å². The van der Waals surface area contributed by atoms with Crippen LogP contribution in [0.25, 0.3) is 11.2 Å². The van der Waals surface area contributed by atoms with E-state index in [0.29, 0.717) is 12.8 Å². The van der Waals surface area contributed by atoms with E-state index in [2.05, 4.69) is 47.1 Å². The predicted octanol–water partition coefficient (Wildman–Crippen LogP) is 15.3. The first kappa shape index (κ1) is 54.7. The number of nitrogens with zero attached hydrogens (tertiary/aromatic N) is 4. The zero-order valence-corrected chi connectivity index (χ0v) is 40.5. The minimum atomic E-state index is -0.00365. The molecule has 0 fully saturated rings. The van der Waals surface area contributed by atoms with Crippen LogP contribution in [-0.4, -0.2) is 63.2 Å². The van der Waals surface area contributed by atoms with Gasteiger partial charge in [0.05, 0.1) is 6.33 Å². The van der Waals surface area contributed by atoms with E-state index in [0.717, 1.165) is 95.1 Å². The molecular weight excluding hydrogens is 757 g/mol. The Hall–Kier alpha value is -2.48. The molecule has 1 atom stereocenters. The highest BCUT2D eigenvalue weighted by Crippen LogP contribution is 2.19. The van der Waals surface area contributed by atoms with Gasteiger partial charge in [0, 0.05) is 25.6 Å². The second kappa shape index (κ2) is 39.1. The smallest absolute Gasteiger partial charge is 0.306 e. The van der Waals surface area contributed by atoms with Crippen molar-refractivity contribution < 1.29 is 19.1 Å². The summed E-state index contributed by atoms with van der Waals surface area (Å²) in [7, 11) is 0. The Kier molecular flexibility index (Phi) is 35.1. The van der Waals surface area contributed by atoms with Gasteiger partial charge in [-0.3, -0.25) is 9.59 Å². The summed E-state index contributed by atoms with van der Waals surface area (Å²) in [6.45, 7) is 13.2. The summed E-state index contributed by atoms with van der Waals surface area (Å²) in [5, 5.41) is 0. The molecule has 0 aliphatic carbocycles. The number of aromatic nitrogens is 3. The summed E-state index contributed by atoms with van der Waals surface area (Å²) in [6.07, 6.45) is 44.4. The van der Waals surface area contributed by atoms with E-state index in [9.17, 15) is 9.59 Å². The number of carbonyl (C=O) groups is 2. The molecule has 0 N–H and O–H groups in total. The molecule has 2 rings (SSSR count). The molecule has 2 aromatic rings. The highest BCUT2D eigenvalue weighted by atomic mass is 16.5. The molecule has 0 spiro atoms. The van der Waals surface area contributed by atoms with Crippen LogP contribution in [0.15, 0.2) is 24.7 Å². The molecule has 0 saturated heterocycles. The average molecular weight is 853 g/mol. The van der Waals surface area contributed by atoms with E-state index in [1.807, 2.05) is 24.7 Å². The third-order valence-electron chi connectivity index (χ3n) is 12.6. The molecule has 2 aromatic heterocycles. The minimum absolute atomic E-state index is 0.00365. The second-order valence-electron chi connectivity index (χ2n) is 18.3. The van der Waals surface area contributed by atoms with Gasteiger partial charge in [-0.1, -0.05) is 163 Å². The maximum absolute atomic E-state index is 12.9. The Balaban J connectivity index is 1.68. The summed E-state index contributed by atoms with van der Waals surface area (Å²) in [6, 6.07) is 3.98. The van der Waals surface area contributed by atoms with Crippen LogP contribution in [0.5, 0.6) is 0 Å². The monoisotopic (exact) mass is 853 g/mol. The predicted molar refractivity (Wildman–Crippen MR) is 258 cm³/mol. The molecule has 8 nitrogen and oxygen atoms in total. The maximum atomic E-state index is 12.9. The van der Waals surface area contributed by atoms with Crippen LogP contribution in [0.4, 0.5) is 0 Å². The van der Waals surface area contributed by atoms with Crippen LogP contribution in [0.1, 0.15) is 252 Å². The fourth-order valence-electron chi connectivity index (χ4n) is 8.69. The van der Waals surface area contributed by atoms with E-state index >= 15 is 0 Å². The van der Waals surface area contributed by atoms with Gasteiger partial charge in [0.25, 0.3) is 0 Å². The van der Waals surface area contributed by atoms with Crippen molar-refractivity contribution in [2.24, 2.45) is 0 Å². The number of pyridine rings is 1. The number of carbonyl (C=O) groups excluding carboxylic acids is 2. The van der Waals surface area contributed by atoms with E-state index in [1.165, 1.54) is 154 Å². The largest absolute Gasteiger partial charge is 0.462 e. The lowest BCUT2D eigenvalue weighted by Crippen LogP contribution is -2.28. The molecule has 352 valence electrons. The van der Waals surface area contributed by atoms with Gasteiger partial charge in [0.1, 0.15) is 17.7 Å². The normalized spacial score (nSPS) is 12.2. The summed E-state index contributed by atoms with van der Waals surface area (Å²) in [5.74, 6) is 0.0222. The molecule has 2 heterocycles. The SMILES string of the molecule is CCCCCCCCC(CC)OC(=O)CCCCCCCN(CCCCCCCC(=O)OC(CCCCCCCC)CCCCCCCC)CCCn1cnc2cccnc21. The molecular formula is C53H96N4O4. The fraction of sp³-hybridized carbons (Fsp3) is 0.849. The number of fused-ring (bicyclic) bond motifs is 1. The Morgan fingerprint density at radius 3 is 1.46 bits per heavy atom. The van der Waals surface area contributed by atoms with Gasteiger partial charge >= 0.3 is 11.9 Å². The van der Waals surface area contributed by atoms with Crippen molar-refractivity contribution in [3.63, 3.8) is 0 Å². The molecule has 0 bridgehead atoms. The van der Waals surface area contributed by atoms with Crippen molar-refractivity contribution in [1.82, 2.24) is 19.4 Å². The van der Waals surface area contributed by atoms with Gasteiger partial charge in [-0.15, -0.1) is 0 Å².